The minimum absolute atomic E-state index is 0.0544. The molecular formula is C25H41N3O10. The van der Waals surface area contributed by atoms with Crippen LogP contribution in [-0.2, 0) is 20.8 Å². The van der Waals surface area contributed by atoms with Crippen LogP contribution in [0, 0.1) is 22.0 Å². The summed E-state index contributed by atoms with van der Waals surface area (Å²) < 4.78 is 16.3. The first-order chi connectivity index (χ1) is 17.8. The summed E-state index contributed by atoms with van der Waals surface area (Å²) >= 11 is 0. The Hall–Kier alpha value is -3.32. The second-order valence-electron chi connectivity index (χ2n) is 9.78. The molecule has 4 N–H and O–H groups in total. The molecule has 3 atom stereocenters. The maximum atomic E-state index is 12.3. The molecule has 0 aliphatic rings. The van der Waals surface area contributed by atoms with Crippen molar-refractivity contribution in [1.29, 1.82) is 0 Å². The van der Waals surface area contributed by atoms with Gasteiger partial charge < -0.3 is 35.1 Å². The van der Waals surface area contributed by atoms with E-state index in [-0.39, 0.29) is 24.8 Å². The zero-order chi connectivity index (χ0) is 28.9. The summed E-state index contributed by atoms with van der Waals surface area (Å²) in [6.45, 7) is 7.11. The lowest BCUT2D eigenvalue weighted by Crippen LogP contribution is -2.52. The molecule has 0 saturated heterocycles. The van der Waals surface area contributed by atoms with Gasteiger partial charge in [0.15, 0.2) is 17.1 Å². The van der Waals surface area contributed by atoms with Crippen LogP contribution in [-0.4, -0.2) is 79.0 Å². The van der Waals surface area contributed by atoms with Crippen LogP contribution in [0.15, 0.2) is 18.2 Å². The molecule has 0 radical (unpaired) electrons. The lowest BCUT2D eigenvalue weighted by atomic mass is 9.83. The number of ether oxygens (including phenoxy) is 3. The van der Waals surface area contributed by atoms with Gasteiger partial charge >= 0.3 is 6.09 Å². The highest BCUT2D eigenvalue weighted by molar-refractivity contribution is 5.84. The number of hydrogen-bond donors (Lipinski definition) is 4. The lowest BCUT2D eigenvalue weighted by Gasteiger charge is -2.30. The third kappa shape index (κ3) is 11.4. The monoisotopic (exact) mass is 543 g/mol. The summed E-state index contributed by atoms with van der Waals surface area (Å²) in [4.78, 5) is 38.8. The first-order valence-corrected chi connectivity index (χ1v) is 12.4. The molecule has 1 aromatic rings. The molecule has 0 bridgehead atoms. The van der Waals surface area contributed by atoms with Gasteiger partial charge in [-0.05, 0) is 56.2 Å². The molecule has 0 fully saturated rings. The molecule has 216 valence electrons. The van der Waals surface area contributed by atoms with Crippen molar-refractivity contribution < 1.29 is 43.9 Å². The van der Waals surface area contributed by atoms with Gasteiger partial charge in [-0.2, -0.15) is 0 Å². The van der Waals surface area contributed by atoms with Crippen molar-refractivity contribution in [2.45, 2.75) is 64.7 Å². The summed E-state index contributed by atoms with van der Waals surface area (Å²) in [5, 5.41) is 34.4. The van der Waals surface area contributed by atoms with Gasteiger partial charge in [0.25, 0.3) is 11.0 Å². The molecule has 1 aromatic carbocycles. The molecular weight excluding hydrogens is 502 g/mol. The highest BCUT2D eigenvalue weighted by Gasteiger charge is 2.33. The predicted molar refractivity (Wildman–Crippen MR) is 138 cm³/mol. The third-order valence-corrected chi connectivity index (χ3v) is 6.07. The summed E-state index contributed by atoms with van der Waals surface area (Å²) in [7, 11) is 3.18. The number of nitrogens with one attached hydrogen (secondary N) is 2. The van der Waals surface area contributed by atoms with E-state index in [0.29, 0.717) is 37.6 Å². The Balaban J connectivity index is 2.97. The van der Waals surface area contributed by atoms with Crippen molar-refractivity contribution in [3.63, 3.8) is 0 Å². The first kappa shape index (κ1) is 32.7. The highest BCUT2D eigenvalue weighted by Crippen LogP contribution is 2.31. The second kappa shape index (κ2) is 15.8. The van der Waals surface area contributed by atoms with Crippen molar-refractivity contribution in [1.82, 2.24) is 10.6 Å². The minimum atomic E-state index is -1.78. The van der Waals surface area contributed by atoms with E-state index in [1.54, 1.807) is 14.2 Å². The molecule has 0 saturated carbocycles. The molecule has 0 aliphatic heterocycles. The molecule has 38 heavy (non-hydrogen) atoms. The van der Waals surface area contributed by atoms with Gasteiger partial charge in [0.05, 0.1) is 25.9 Å². The molecule has 13 heteroatoms. The smallest absolute Gasteiger partial charge is 0.404 e. The van der Waals surface area contributed by atoms with E-state index in [1.807, 2.05) is 32.0 Å². The van der Waals surface area contributed by atoms with Crippen molar-refractivity contribution in [3.05, 3.63) is 33.9 Å². The summed E-state index contributed by atoms with van der Waals surface area (Å²) in [5.74, 6) is 0.426. The van der Waals surface area contributed by atoms with Crippen LogP contribution >= 0.6 is 0 Å². The number of carbonyl (C=O) groups is 2. The number of aliphatic hydroxyl groups is 1. The summed E-state index contributed by atoms with van der Waals surface area (Å²) in [6.07, 6.45) is -1.07. The fraction of sp³-hybridized carbons (Fsp3) is 0.680. The quantitative estimate of drug-likeness (QED) is 0.122. The average Bonchev–Trinajstić information content (AvgIpc) is 2.82. The number of carbonyl (C=O) groups excluding carboxylic acids is 1. The molecule has 0 spiro atoms. The molecule has 13 nitrogen and oxygen atoms in total. The Bertz CT molecular complexity index is 909. The minimum Gasteiger partial charge on any atom is -0.493 e. The standard InChI is InChI=1S/C25H41N3O10/c1-16(2)18(12-17-8-9-21(36-6)22(13-17)37-11-7-10-35-5)14-19(27-24(31)32)20(29)15-26-23(30)25(3,4)38-28(33)34/h8-9,13,16,18-20,27,29H,7,10-12,14-15H2,1-6H3,(H,26,30)(H,31,32)/t18-,19-,20-/m0/s1. The number of benzene rings is 1. The largest absolute Gasteiger partial charge is 0.493 e. The highest BCUT2D eigenvalue weighted by atomic mass is 17.0. The number of nitrogens with zero attached hydrogens (tertiary/aromatic N) is 1. The van der Waals surface area contributed by atoms with Gasteiger partial charge in [-0.25, -0.2) is 4.79 Å². The molecule has 0 aromatic heterocycles. The Kier molecular flexibility index (Phi) is 13.6. The molecule has 0 unspecified atom stereocenters. The van der Waals surface area contributed by atoms with Gasteiger partial charge in [0.1, 0.15) is 0 Å². The number of amides is 2. The van der Waals surface area contributed by atoms with Gasteiger partial charge in [-0.15, -0.1) is 10.1 Å². The van der Waals surface area contributed by atoms with Gasteiger partial charge in [-0.1, -0.05) is 19.9 Å². The first-order valence-electron chi connectivity index (χ1n) is 12.4. The van der Waals surface area contributed by atoms with Crippen LogP contribution in [0.2, 0.25) is 0 Å². The van der Waals surface area contributed by atoms with E-state index in [4.69, 9.17) is 14.2 Å². The number of carboxylic acid groups (broad SMARTS) is 1. The van der Waals surface area contributed by atoms with Crippen molar-refractivity contribution in [2.75, 3.05) is 34.0 Å². The Morgan fingerprint density at radius 3 is 2.39 bits per heavy atom. The zero-order valence-corrected chi connectivity index (χ0v) is 22.9. The molecule has 0 aliphatic carbocycles. The molecule has 0 heterocycles. The normalized spacial score (nSPS) is 13.8. The SMILES string of the molecule is COCCCOc1cc(C[C@@H](C[C@H](NC(=O)O)[C@@H](O)CNC(=O)C(C)(C)O[N+](=O)[O-])C(C)C)ccc1OC. The van der Waals surface area contributed by atoms with Crippen LogP contribution in [0.25, 0.3) is 0 Å². The van der Waals surface area contributed by atoms with E-state index in [0.717, 1.165) is 5.56 Å². The fourth-order valence-electron chi connectivity index (χ4n) is 3.82. The van der Waals surface area contributed by atoms with Crippen LogP contribution in [0.4, 0.5) is 4.79 Å². The molecule has 1 rings (SSSR count). The fourth-order valence-corrected chi connectivity index (χ4v) is 3.82. The summed E-state index contributed by atoms with van der Waals surface area (Å²) in [5.41, 5.74) is -0.835. The van der Waals surface area contributed by atoms with Crippen LogP contribution in [0.3, 0.4) is 0 Å². The Morgan fingerprint density at radius 2 is 1.84 bits per heavy atom. The third-order valence-electron chi connectivity index (χ3n) is 6.07. The Labute approximate surface area is 222 Å². The van der Waals surface area contributed by atoms with Crippen LogP contribution < -0.4 is 20.1 Å². The van der Waals surface area contributed by atoms with Crippen molar-refractivity contribution >= 4 is 12.0 Å². The number of hydrogen-bond acceptors (Lipinski definition) is 9. The van der Waals surface area contributed by atoms with E-state index >= 15 is 0 Å². The van der Waals surface area contributed by atoms with Crippen LogP contribution in [0.1, 0.15) is 46.1 Å². The van der Waals surface area contributed by atoms with E-state index in [9.17, 15) is 29.9 Å². The maximum Gasteiger partial charge on any atom is 0.404 e. The average molecular weight is 544 g/mol. The number of rotatable bonds is 18. The topological polar surface area (TPSA) is 179 Å². The van der Waals surface area contributed by atoms with E-state index in [2.05, 4.69) is 15.5 Å². The summed E-state index contributed by atoms with van der Waals surface area (Å²) in [6, 6.07) is 4.69. The van der Waals surface area contributed by atoms with Crippen molar-refractivity contribution in [3.8, 4) is 11.5 Å². The maximum absolute atomic E-state index is 12.3. The predicted octanol–water partition coefficient (Wildman–Crippen LogP) is 2.42. The van der Waals surface area contributed by atoms with Crippen molar-refractivity contribution in [2.24, 2.45) is 11.8 Å². The Morgan fingerprint density at radius 1 is 1.16 bits per heavy atom. The number of methoxy groups -OCH3 is 2. The zero-order valence-electron chi connectivity index (χ0n) is 22.9. The second-order valence-corrected chi connectivity index (χ2v) is 9.78. The van der Waals surface area contributed by atoms with Gasteiger partial charge in [-0.3, -0.25) is 9.63 Å². The van der Waals surface area contributed by atoms with Gasteiger partial charge in [0, 0.05) is 26.7 Å². The van der Waals surface area contributed by atoms with Gasteiger partial charge in [0.2, 0.25) is 0 Å². The van der Waals surface area contributed by atoms with E-state index in [1.165, 1.54) is 13.8 Å². The molecule has 2 amide bonds. The number of aliphatic hydroxyl groups excluding tert-OH is 1. The van der Waals surface area contributed by atoms with E-state index < -0.39 is 34.8 Å². The lowest BCUT2D eigenvalue weighted by molar-refractivity contribution is -0.774. The van der Waals surface area contributed by atoms with Crippen LogP contribution in [0.5, 0.6) is 11.5 Å².